The number of thioether (sulfide) groups is 1. The largest absolute Gasteiger partial charge is 0.325 e. The van der Waals surface area contributed by atoms with E-state index in [0.717, 1.165) is 50.0 Å². The van der Waals surface area contributed by atoms with Crippen LogP contribution in [0.15, 0.2) is 58.5 Å². The number of anilines is 1. The first kappa shape index (κ1) is 23.6. The third kappa shape index (κ3) is 4.67. The van der Waals surface area contributed by atoms with Crippen LogP contribution in [-0.4, -0.2) is 21.2 Å². The van der Waals surface area contributed by atoms with Crippen molar-refractivity contribution in [2.45, 2.75) is 38.3 Å². The van der Waals surface area contributed by atoms with Gasteiger partial charge < -0.3 is 5.32 Å². The minimum atomic E-state index is -0.123. The number of nitrogens with one attached hydrogen (secondary N) is 1. The molecule has 1 atom stereocenters. The fraction of sp³-hybridized carbons (Fsp3) is 0.269. The van der Waals surface area contributed by atoms with Gasteiger partial charge >= 0.3 is 0 Å². The maximum absolute atomic E-state index is 13.8. The summed E-state index contributed by atoms with van der Waals surface area (Å²) in [6, 6.07) is 15.5. The Labute approximate surface area is 220 Å². The molecule has 1 aliphatic rings. The summed E-state index contributed by atoms with van der Waals surface area (Å²) in [4.78, 5) is 33.5. The summed E-state index contributed by atoms with van der Waals surface area (Å²) in [6.07, 6.45) is 3.02. The predicted octanol–water partition coefficient (Wildman–Crippen LogP) is 6.22. The molecular formula is C26H24IN3O2S2. The lowest BCUT2D eigenvalue weighted by Crippen LogP contribution is -2.23. The molecule has 1 unspecified atom stereocenters. The van der Waals surface area contributed by atoms with E-state index in [2.05, 4.69) is 34.8 Å². The SMILES string of the molecule is Cc1cc(I)ccc1NC(=O)CSc1nc2sc3c(c2c(=O)n1-c1ccccc1)CCC(C)C3. The highest BCUT2D eigenvalue weighted by Crippen LogP contribution is 2.37. The standard InChI is InChI=1S/C26H24IN3O2S2/c1-15-8-10-19-21(12-15)34-24-23(19)25(32)30(18-6-4-3-5-7-18)26(29-24)33-14-22(31)28-20-11-9-17(27)13-16(20)2/h3-7,9,11,13,15H,8,10,12,14H2,1-2H3,(H,28,31). The second-order valence-electron chi connectivity index (χ2n) is 8.70. The van der Waals surface area contributed by atoms with Crippen molar-refractivity contribution in [1.29, 1.82) is 0 Å². The molecule has 0 aliphatic heterocycles. The highest BCUT2D eigenvalue weighted by molar-refractivity contribution is 14.1. The number of rotatable bonds is 5. The van der Waals surface area contributed by atoms with Gasteiger partial charge in [-0.05, 0) is 96.2 Å². The van der Waals surface area contributed by atoms with E-state index in [9.17, 15) is 9.59 Å². The summed E-state index contributed by atoms with van der Waals surface area (Å²) >= 11 is 5.19. The van der Waals surface area contributed by atoms with Gasteiger partial charge in [0.1, 0.15) is 4.83 Å². The number of benzene rings is 2. The molecule has 0 saturated carbocycles. The van der Waals surface area contributed by atoms with Gasteiger partial charge in [-0.2, -0.15) is 0 Å². The topological polar surface area (TPSA) is 64.0 Å². The van der Waals surface area contributed by atoms with E-state index in [4.69, 9.17) is 4.98 Å². The number of para-hydroxylation sites is 1. The summed E-state index contributed by atoms with van der Waals surface area (Å²) in [6.45, 7) is 4.24. The lowest BCUT2D eigenvalue weighted by Gasteiger charge is -2.17. The third-order valence-electron chi connectivity index (χ3n) is 6.11. The van der Waals surface area contributed by atoms with E-state index in [0.29, 0.717) is 11.1 Å². The molecule has 2 aromatic carbocycles. The molecule has 4 aromatic rings. The summed E-state index contributed by atoms with van der Waals surface area (Å²) < 4.78 is 2.79. The molecule has 0 fully saturated rings. The third-order valence-corrected chi connectivity index (χ3v) is 8.87. The van der Waals surface area contributed by atoms with Crippen LogP contribution in [0, 0.1) is 16.4 Å². The number of aryl methyl sites for hydroxylation is 2. The number of halogens is 1. The van der Waals surface area contributed by atoms with Crippen LogP contribution >= 0.6 is 45.7 Å². The van der Waals surface area contributed by atoms with Crippen molar-refractivity contribution in [2.24, 2.45) is 5.92 Å². The number of carbonyl (C=O) groups excluding carboxylic acids is 1. The number of aromatic nitrogens is 2. The summed E-state index contributed by atoms with van der Waals surface area (Å²) in [5.41, 5.74) is 3.71. The van der Waals surface area contributed by atoms with Gasteiger partial charge in [0.25, 0.3) is 5.56 Å². The minimum Gasteiger partial charge on any atom is -0.325 e. The van der Waals surface area contributed by atoms with Crippen LogP contribution in [0.25, 0.3) is 15.9 Å². The van der Waals surface area contributed by atoms with Gasteiger partial charge in [0.2, 0.25) is 5.91 Å². The van der Waals surface area contributed by atoms with Crippen LogP contribution in [0.1, 0.15) is 29.3 Å². The van der Waals surface area contributed by atoms with Gasteiger partial charge in [0.05, 0.1) is 16.8 Å². The molecule has 8 heteroatoms. The Hall–Kier alpha value is -2.17. The second kappa shape index (κ2) is 9.83. The van der Waals surface area contributed by atoms with Gasteiger partial charge in [-0.1, -0.05) is 36.9 Å². The number of hydrogen-bond donors (Lipinski definition) is 1. The molecule has 1 aliphatic carbocycles. The number of thiophene rings is 1. The van der Waals surface area contributed by atoms with Crippen molar-refractivity contribution >= 4 is 67.5 Å². The lowest BCUT2D eigenvalue weighted by molar-refractivity contribution is -0.113. The monoisotopic (exact) mass is 601 g/mol. The Bertz CT molecular complexity index is 1450. The van der Waals surface area contributed by atoms with Gasteiger partial charge in [0, 0.05) is 14.1 Å². The number of amides is 1. The number of hydrogen-bond acceptors (Lipinski definition) is 5. The average molecular weight is 602 g/mol. The van der Waals surface area contributed by atoms with Gasteiger partial charge in [-0.15, -0.1) is 11.3 Å². The Balaban J connectivity index is 1.50. The smallest absolute Gasteiger partial charge is 0.267 e. The molecule has 2 heterocycles. The predicted molar refractivity (Wildman–Crippen MR) is 150 cm³/mol. The molecular weight excluding hydrogens is 577 g/mol. The van der Waals surface area contributed by atoms with Crippen molar-refractivity contribution in [2.75, 3.05) is 11.1 Å². The number of carbonyl (C=O) groups is 1. The zero-order chi connectivity index (χ0) is 23.8. The van der Waals surface area contributed by atoms with Crippen molar-refractivity contribution in [3.05, 3.63) is 78.5 Å². The fourth-order valence-electron chi connectivity index (χ4n) is 4.36. The molecule has 0 spiro atoms. The van der Waals surface area contributed by atoms with E-state index in [1.54, 1.807) is 15.9 Å². The molecule has 5 rings (SSSR count). The zero-order valence-corrected chi connectivity index (χ0v) is 22.7. The highest BCUT2D eigenvalue weighted by Gasteiger charge is 2.25. The van der Waals surface area contributed by atoms with Gasteiger partial charge in [-0.3, -0.25) is 14.2 Å². The van der Waals surface area contributed by atoms with E-state index < -0.39 is 0 Å². The van der Waals surface area contributed by atoms with Crippen molar-refractivity contribution in [1.82, 2.24) is 9.55 Å². The Morgan fingerprint density at radius 2 is 2.06 bits per heavy atom. The van der Waals surface area contributed by atoms with E-state index in [1.165, 1.54) is 22.2 Å². The average Bonchev–Trinajstić information content (AvgIpc) is 3.17. The summed E-state index contributed by atoms with van der Waals surface area (Å²) in [5.74, 6) is 0.667. The molecule has 34 heavy (non-hydrogen) atoms. The van der Waals surface area contributed by atoms with Crippen LogP contribution in [0.3, 0.4) is 0 Å². The van der Waals surface area contributed by atoms with Crippen LogP contribution in [0.5, 0.6) is 0 Å². The summed E-state index contributed by atoms with van der Waals surface area (Å²) in [5, 5.41) is 4.28. The van der Waals surface area contributed by atoms with E-state index >= 15 is 0 Å². The van der Waals surface area contributed by atoms with Crippen molar-refractivity contribution in [3.63, 3.8) is 0 Å². The maximum atomic E-state index is 13.8. The van der Waals surface area contributed by atoms with Crippen LogP contribution in [0.2, 0.25) is 0 Å². The first-order valence-electron chi connectivity index (χ1n) is 11.2. The van der Waals surface area contributed by atoms with E-state index in [-0.39, 0.29) is 17.2 Å². The molecule has 5 nitrogen and oxygen atoms in total. The first-order valence-corrected chi connectivity index (χ1v) is 14.1. The maximum Gasteiger partial charge on any atom is 0.267 e. The number of fused-ring (bicyclic) bond motifs is 3. The van der Waals surface area contributed by atoms with Gasteiger partial charge in [0.15, 0.2) is 5.16 Å². The van der Waals surface area contributed by atoms with Crippen molar-refractivity contribution < 1.29 is 4.79 Å². The normalized spacial score (nSPS) is 15.3. The fourth-order valence-corrected chi connectivity index (χ4v) is 7.24. The molecule has 174 valence electrons. The number of nitrogens with zero attached hydrogens (tertiary/aromatic N) is 2. The zero-order valence-electron chi connectivity index (χ0n) is 18.9. The van der Waals surface area contributed by atoms with Crippen LogP contribution in [0.4, 0.5) is 5.69 Å². The molecule has 2 aromatic heterocycles. The van der Waals surface area contributed by atoms with Gasteiger partial charge in [-0.25, -0.2) is 4.98 Å². The van der Waals surface area contributed by atoms with Crippen LogP contribution < -0.4 is 10.9 Å². The highest BCUT2D eigenvalue weighted by atomic mass is 127. The van der Waals surface area contributed by atoms with Crippen LogP contribution in [-0.2, 0) is 17.6 Å². The molecule has 0 bridgehead atoms. The molecule has 1 amide bonds. The minimum absolute atomic E-state index is 0.0420. The van der Waals surface area contributed by atoms with Crippen molar-refractivity contribution in [3.8, 4) is 5.69 Å². The lowest BCUT2D eigenvalue weighted by atomic mass is 9.89. The Morgan fingerprint density at radius 1 is 1.26 bits per heavy atom. The molecule has 0 saturated heterocycles. The Morgan fingerprint density at radius 3 is 2.82 bits per heavy atom. The second-order valence-corrected chi connectivity index (χ2v) is 12.0. The first-order chi connectivity index (χ1) is 16.4. The molecule has 1 N–H and O–H groups in total. The summed E-state index contributed by atoms with van der Waals surface area (Å²) in [7, 11) is 0. The Kier molecular flexibility index (Phi) is 6.81. The van der Waals surface area contributed by atoms with E-state index in [1.807, 2.05) is 55.5 Å². The quantitative estimate of drug-likeness (QED) is 0.168. The molecule has 0 radical (unpaired) electrons.